The van der Waals surface area contributed by atoms with Crippen molar-refractivity contribution < 1.29 is 36.6 Å². The molecule has 1 fully saturated rings. The summed E-state index contributed by atoms with van der Waals surface area (Å²) >= 11 is 0. The summed E-state index contributed by atoms with van der Waals surface area (Å²) in [6.07, 6.45) is 1.76. The summed E-state index contributed by atoms with van der Waals surface area (Å²) < 4.78 is 61.4. The second-order valence-corrected chi connectivity index (χ2v) is 13.3. The zero-order valence-electron chi connectivity index (χ0n) is 24.3. The minimum Gasteiger partial charge on any atom is -0.494 e. The highest BCUT2D eigenvalue weighted by molar-refractivity contribution is 7.91. The van der Waals surface area contributed by atoms with E-state index in [1.54, 1.807) is 26.0 Å². The Morgan fingerprint density at radius 3 is 2.64 bits per heavy atom. The lowest BCUT2D eigenvalue weighted by atomic mass is 9.92. The normalized spacial score (nSPS) is 17.3. The third-order valence-electron chi connectivity index (χ3n) is 7.80. The van der Waals surface area contributed by atoms with Crippen molar-refractivity contribution >= 4 is 15.8 Å². The summed E-state index contributed by atoms with van der Waals surface area (Å²) in [6, 6.07) is 14.7. The molecule has 0 aromatic heterocycles. The Morgan fingerprint density at radius 1 is 1.05 bits per heavy atom. The van der Waals surface area contributed by atoms with Crippen molar-refractivity contribution in [3.05, 3.63) is 76.6 Å². The van der Waals surface area contributed by atoms with Gasteiger partial charge in [-0.15, -0.1) is 0 Å². The molecule has 0 spiro atoms. The van der Waals surface area contributed by atoms with E-state index in [2.05, 4.69) is 0 Å². The molecule has 1 heterocycles. The van der Waals surface area contributed by atoms with Crippen molar-refractivity contribution in [1.29, 1.82) is 0 Å². The lowest BCUT2D eigenvalue weighted by molar-refractivity contribution is -0.144. The quantitative estimate of drug-likeness (QED) is 0.182. The molecule has 3 aromatic carbocycles. The molecular formula is C33H37FO7S. The summed E-state index contributed by atoms with van der Waals surface area (Å²) in [7, 11) is -3.01. The number of rotatable bonds is 12. The molecule has 5 rings (SSSR count). The van der Waals surface area contributed by atoms with Gasteiger partial charge in [-0.3, -0.25) is 4.79 Å². The van der Waals surface area contributed by atoms with Crippen LogP contribution in [0.25, 0.3) is 11.1 Å². The van der Waals surface area contributed by atoms with Gasteiger partial charge in [-0.2, -0.15) is 0 Å². The molecule has 0 N–H and O–H groups in total. The van der Waals surface area contributed by atoms with E-state index in [1.807, 2.05) is 37.3 Å². The SMILES string of the molecule is CCOC(=O)[C@H]1C[C@@H]1c1ccc(OCc2ccc3c(c2)-c2c(C)cc(OCCCS(=O)(=O)CC)cc2CCO3)cc1F. The molecule has 0 saturated heterocycles. The fourth-order valence-corrected chi connectivity index (χ4v) is 6.32. The number of hydrogen-bond donors (Lipinski definition) is 0. The monoisotopic (exact) mass is 596 g/mol. The van der Waals surface area contributed by atoms with Crippen LogP contribution in [0.3, 0.4) is 0 Å². The maximum atomic E-state index is 14.9. The topological polar surface area (TPSA) is 88.1 Å². The maximum Gasteiger partial charge on any atom is 0.309 e. The van der Waals surface area contributed by atoms with E-state index in [-0.39, 0.29) is 41.7 Å². The number of ether oxygens (including phenoxy) is 4. The molecule has 0 bridgehead atoms. The van der Waals surface area contributed by atoms with Crippen LogP contribution in [-0.4, -0.2) is 45.7 Å². The Morgan fingerprint density at radius 2 is 1.88 bits per heavy atom. The van der Waals surface area contributed by atoms with E-state index in [0.717, 1.165) is 33.6 Å². The van der Waals surface area contributed by atoms with Crippen LogP contribution < -0.4 is 14.2 Å². The Bertz CT molecular complexity index is 1570. The molecule has 7 nitrogen and oxygen atoms in total. The summed E-state index contributed by atoms with van der Waals surface area (Å²) in [5.41, 5.74) is 5.61. The molecule has 3 aromatic rings. The van der Waals surface area contributed by atoms with Gasteiger partial charge in [-0.25, -0.2) is 12.8 Å². The number of halogens is 1. The molecular weight excluding hydrogens is 559 g/mol. The van der Waals surface area contributed by atoms with Gasteiger partial charge in [0.25, 0.3) is 0 Å². The molecule has 1 aliphatic carbocycles. The Hall–Kier alpha value is -3.59. The predicted octanol–water partition coefficient (Wildman–Crippen LogP) is 6.19. The lowest BCUT2D eigenvalue weighted by Crippen LogP contribution is -2.12. The van der Waals surface area contributed by atoms with E-state index >= 15 is 0 Å². The van der Waals surface area contributed by atoms with Crippen molar-refractivity contribution in [2.75, 3.05) is 31.3 Å². The third kappa shape index (κ3) is 6.89. The molecule has 9 heteroatoms. The van der Waals surface area contributed by atoms with Crippen LogP contribution in [0.5, 0.6) is 17.2 Å². The van der Waals surface area contributed by atoms with Crippen molar-refractivity contribution in [2.45, 2.75) is 52.6 Å². The van der Waals surface area contributed by atoms with Crippen molar-refractivity contribution in [2.24, 2.45) is 5.92 Å². The molecule has 2 aliphatic rings. The van der Waals surface area contributed by atoms with Crippen molar-refractivity contribution in [1.82, 2.24) is 0 Å². The summed E-state index contributed by atoms with van der Waals surface area (Å²) in [4.78, 5) is 12.0. The minimum absolute atomic E-state index is 0.118. The van der Waals surface area contributed by atoms with Crippen LogP contribution >= 0.6 is 0 Å². The van der Waals surface area contributed by atoms with Crippen LogP contribution in [0, 0.1) is 18.7 Å². The molecule has 42 heavy (non-hydrogen) atoms. The molecule has 1 saturated carbocycles. The van der Waals surface area contributed by atoms with Gasteiger partial charge in [0.1, 0.15) is 39.5 Å². The largest absolute Gasteiger partial charge is 0.494 e. The minimum atomic E-state index is -3.01. The van der Waals surface area contributed by atoms with E-state index in [9.17, 15) is 17.6 Å². The van der Waals surface area contributed by atoms with Gasteiger partial charge in [0, 0.05) is 29.7 Å². The average molecular weight is 597 g/mol. The molecule has 0 amide bonds. The number of hydrogen-bond acceptors (Lipinski definition) is 7. The number of sulfone groups is 1. The fraction of sp³-hybridized carbons (Fsp3) is 0.424. The first-order chi connectivity index (χ1) is 20.2. The van der Waals surface area contributed by atoms with Crippen molar-refractivity contribution in [3.63, 3.8) is 0 Å². The van der Waals surface area contributed by atoms with Crippen LogP contribution in [0.15, 0.2) is 48.5 Å². The first-order valence-electron chi connectivity index (χ1n) is 14.5. The van der Waals surface area contributed by atoms with Crippen molar-refractivity contribution in [3.8, 4) is 28.4 Å². The van der Waals surface area contributed by atoms with Gasteiger partial charge in [0.15, 0.2) is 0 Å². The van der Waals surface area contributed by atoms with Gasteiger partial charge in [0.05, 0.1) is 31.5 Å². The third-order valence-corrected chi connectivity index (χ3v) is 9.59. The van der Waals surface area contributed by atoms with E-state index in [1.165, 1.54) is 6.07 Å². The second-order valence-electron chi connectivity index (χ2n) is 10.8. The average Bonchev–Trinajstić information content (AvgIpc) is 3.78. The number of aryl methyl sites for hydroxylation is 1. The lowest BCUT2D eigenvalue weighted by Gasteiger charge is -2.16. The highest BCUT2D eigenvalue weighted by atomic mass is 32.2. The first kappa shape index (κ1) is 29.9. The number of fused-ring (bicyclic) bond motifs is 3. The van der Waals surface area contributed by atoms with Gasteiger partial charge in [-0.05, 0) is 84.8 Å². The molecule has 0 radical (unpaired) electrons. The summed E-state index contributed by atoms with van der Waals surface area (Å²) in [6.45, 7) is 6.87. The Labute approximate surface area is 246 Å². The van der Waals surface area contributed by atoms with Crippen LogP contribution in [0.2, 0.25) is 0 Å². The number of carbonyl (C=O) groups excluding carboxylic acids is 1. The second kappa shape index (κ2) is 12.7. The van der Waals surface area contributed by atoms with Gasteiger partial charge in [-0.1, -0.05) is 19.1 Å². The van der Waals surface area contributed by atoms with E-state index in [4.69, 9.17) is 18.9 Å². The van der Waals surface area contributed by atoms with Crippen LogP contribution in [0.4, 0.5) is 4.39 Å². The molecule has 2 atom stereocenters. The molecule has 1 aliphatic heterocycles. The number of carbonyl (C=O) groups is 1. The molecule has 224 valence electrons. The van der Waals surface area contributed by atoms with Crippen LogP contribution in [-0.2, 0) is 32.4 Å². The summed E-state index contributed by atoms with van der Waals surface area (Å²) in [5, 5.41) is 0. The van der Waals surface area contributed by atoms with Gasteiger partial charge >= 0.3 is 5.97 Å². The zero-order chi connectivity index (χ0) is 29.9. The van der Waals surface area contributed by atoms with Gasteiger partial charge in [0.2, 0.25) is 0 Å². The summed E-state index contributed by atoms with van der Waals surface area (Å²) in [5.74, 6) is 1.11. The first-order valence-corrected chi connectivity index (χ1v) is 16.3. The van der Waals surface area contributed by atoms with Crippen LogP contribution in [0.1, 0.15) is 54.9 Å². The standard InChI is InChI=1S/C33H37FO7S/c1-4-38-33(35)28-19-27(28)26-9-8-24(18-30(26)34)41-20-22-7-10-31-29(16-22)32-21(3)15-25(17-23(32)11-13-40-31)39-12-6-14-42(36,37)5-2/h7-10,15-18,27-28H,4-6,11-14,19-20H2,1-3H3/t27-,28+/m1/s1. The fourth-order valence-electron chi connectivity index (χ4n) is 5.48. The highest BCUT2D eigenvalue weighted by Crippen LogP contribution is 2.49. The van der Waals surface area contributed by atoms with Gasteiger partial charge < -0.3 is 18.9 Å². The maximum absolute atomic E-state index is 14.9. The van der Waals surface area contributed by atoms with E-state index < -0.39 is 9.84 Å². The molecule has 0 unspecified atom stereocenters. The van der Waals surface area contributed by atoms with E-state index in [0.29, 0.717) is 56.1 Å². The highest BCUT2D eigenvalue weighted by Gasteiger charge is 2.46. The smallest absolute Gasteiger partial charge is 0.309 e. The predicted molar refractivity (Wildman–Crippen MR) is 158 cm³/mol. The number of benzene rings is 3. The Kier molecular flexibility index (Phi) is 9.06. The zero-order valence-corrected chi connectivity index (χ0v) is 25.1. The Balaban J connectivity index is 1.26. The number of esters is 1.